The van der Waals surface area contributed by atoms with Crippen molar-refractivity contribution in [2.45, 2.75) is 12.8 Å². The Morgan fingerprint density at radius 3 is 2.89 bits per heavy atom. The average Bonchev–Trinajstić information content (AvgIpc) is 2.45. The lowest BCUT2D eigenvalue weighted by Gasteiger charge is -2.21. The van der Waals surface area contributed by atoms with Crippen molar-refractivity contribution in [2.24, 2.45) is 5.92 Å². The second-order valence-electron chi connectivity index (χ2n) is 4.39. The molecule has 19 heavy (non-hydrogen) atoms. The van der Waals surface area contributed by atoms with Gasteiger partial charge in [0.1, 0.15) is 5.82 Å². The maximum Gasteiger partial charge on any atom is 0.331 e. The SMILES string of the molecule is CNc1ccc([N+](=O)[O-])c(OCC2CCOCC2)n1. The zero-order valence-corrected chi connectivity index (χ0v) is 10.8. The molecule has 1 aromatic rings. The quantitative estimate of drug-likeness (QED) is 0.647. The van der Waals surface area contributed by atoms with Gasteiger partial charge in [0, 0.05) is 26.3 Å². The van der Waals surface area contributed by atoms with Crippen LogP contribution in [0.15, 0.2) is 12.1 Å². The standard InChI is InChI=1S/C12H17N3O4/c1-13-11-3-2-10(15(16)17)12(14-11)19-8-9-4-6-18-7-5-9/h2-3,9H,4-8H2,1H3,(H,13,14). The molecule has 1 aromatic heterocycles. The maximum atomic E-state index is 10.9. The van der Waals surface area contributed by atoms with Crippen molar-refractivity contribution in [3.8, 4) is 5.88 Å². The molecule has 7 heteroatoms. The fourth-order valence-corrected chi connectivity index (χ4v) is 1.93. The smallest absolute Gasteiger partial charge is 0.331 e. The molecule has 104 valence electrons. The summed E-state index contributed by atoms with van der Waals surface area (Å²) in [4.78, 5) is 14.5. The average molecular weight is 267 g/mol. The zero-order valence-electron chi connectivity index (χ0n) is 10.8. The number of hydrogen-bond acceptors (Lipinski definition) is 6. The number of ether oxygens (including phenoxy) is 2. The Labute approximate surface area is 111 Å². The van der Waals surface area contributed by atoms with Crippen LogP contribution in [0.5, 0.6) is 5.88 Å². The van der Waals surface area contributed by atoms with Crippen molar-refractivity contribution in [3.63, 3.8) is 0 Å². The summed E-state index contributed by atoms with van der Waals surface area (Å²) >= 11 is 0. The van der Waals surface area contributed by atoms with E-state index < -0.39 is 4.92 Å². The number of pyridine rings is 1. The number of nitrogens with one attached hydrogen (secondary N) is 1. The van der Waals surface area contributed by atoms with Gasteiger partial charge in [-0.3, -0.25) is 10.1 Å². The van der Waals surface area contributed by atoms with Crippen LogP contribution in [0.3, 0.4) is 0 Å². The summed E-state index contributed by atoms with van der Waals surface area (Å²) in [5.41, 5.74) is -0.106. The Morgan fingerprint density at radius 2 is 2.26 bits per heavy atom. The highest BCUT2D eigenvalue weighted by atomic mass is 16.6. The van der Waals surface area contributed by atoms with Crippen molar-refractivity contribution in [1.29, 1.82) is 0 Å². The van der Waals surface area contributed by atoms with Crippen molar-refractivity contribution in [2.75, 3.05) is 32.2 Å². The highest BCUT2D eigenvalue weighted by molar-refractivity contribution is 5.48. The lowest BCUT2D eigenvalue weighted by atomic mass is 10.0. The third kappa shape index (κ3) is 3.54. The van der Waals surface area contributed by atoms with Crippen molar-refractivity contribution < 1.29 is 14.4 Å². The first-order chi connectivity index (χ1) is 9.20. The van der Waals surface area contributed by atoms with E-state index in [0.717, 1.165) is 26.1 Å². The predicted molar refractivity (Wildman–Crippen MR) is 69.5 cm³/mol. The Morgan fingerprint density at radius 1 is 1.53 bits per heavy atom. The van der Waals surface area contributed by atoms with Crippen LogP contribution in [0.1, 0.15) is 12.8 Å². The monoisotopic (exact) mass is 267 g/mol. The molecule has 0 atom stereocenters. The van der Waals surface area contributed by atoms with E-state index in [0.29, 0.717) is 18.3 Å². The molecule has 1 N–H and O–H groups in total. The molecule has 0 spiro atoms. The van der Waals surface area contributed by atoms with Gasteiger partial charge in [0.15, 0.2) is 0 Å². The van der Waals surface area contributed by atoms with E-state index in [2.05, 4.69) is 10.3 Å². The Hall–Kier alpha value is -1.89. The van der Waals surface area contributed by atoms with Gasteiger partial charge in [0.25, 0.3) is 5.88 Å². The molecule has 0 aromatic carbocycles. The summed E-state index contributed by atoms with van der Waals surface area (Å²) in [7, 11) is 1.70. The van der Waals surface area contributed by atoms with E-state index in [1.165, 1.54) is 6.07 Å². The Balaban J connectivity index is 2.06. The molecule has 0 aliphatic carbocycles. The molecule has 7 nitrogen and oxygen atoms in total. The van der Waals surface area contributed by atoms with Gasteiger partial charge in [0.2, 0.25) is 0 Å². The number of aromatic nitrogens is 1. The number of hydrogen-bond donors (Lipinski definition) is 1. The predicted octanol–water partition coefficient (Wildman–Crippen LogP) is 1.84. The van der Waals surface area contributed by atoms with E-state index in [-0.39, 0.29) is 11.6 Å². The van der Waals surface area contributed by atoms with Gasteiger partial charge in [-0.1, -0.05) is 0 Å². The summed E-state index contributed by atoms with van der Waals surface area (Å²) in [6.45, 7) is 1.88. The van der Waals surface area contributed by atoms with Crippen LogP contribution in [0, 0.1) is 16.0 Å². The molecule has 1 fully saturated rings. The van der Waals surface area contributed by atoms with Crippen LogP contribution in [-0.4, -0.2) is 36.8 Å². The van der Waals surface area contributed by atoms with Crippen LogP contribution < -0.4 is 10.1 Å². The lowest BCUT2D eigenvalue weighted by molar-refractivity contribution is -0.386. The van der Waals surface area contributed by atoms with Gasteiger partial charge < -0.3 is 14.8 Å². The van der Waals surface area contributed by atoms with Gasteiger partial charge in [-0.2, -0.15) is 4.98 Å². The fourth-order valence-electron chi connectivity index (χ4n) is 1.93. The van der Waals surface area contributed by atoms with Crippen molar-refractivity contribution in [3.05, 3.63) is 22.2 Å². The minimum absolute atomic E-state index is 0.0725. The van der Waals surface area contributed by atoms with E-state index in [4.69, 9.17) is 9.47 Å². The molecular weight excluding hydrogens is 250 g/mol. The van der Waals surface area contributed by atoms with Gasteiger partial charge in [0.05, 0.1) is 11.5 Å². The van der Waals surface area contributed by atoms with Gasteiger partial charge in [-0.25, -0.2) is 0 Å². The Bertz CT molecular complexity index is 447. The first-order valence-corrected chi connectivity index (χ1v) is 6.24. The number of anilines is 1. The van der Waals surface area contributed by atoms with Crippen LogP contribution >= 0.6 is 0 Å². The molecule has 0 unspecified atom stereocenters. The summed E-state index contributed by atoms with van der Waals surface area (Å²) in [5.74, 6) is 0.990. The summed E-state index contributed by atoms with van der Waals surface area (Å²) in [5, 5.41) is 13.8. The van der Waals surface area contributed by atoms with E-state index >= 15 is 0 Å². The summed E-state index contributed by atoms with van der Waals surface area (Å²) < 4.78 is 10.8. The summed E-state index contributed by atoms with van der Waals surface area (Å²) in [6, 6.07) is 2.96. The molecule has 1 aliphatic rings. The van der Waals surface area contributed by atoms with E-state index in [1.54, 1.807) is 13.1 Å². The molecule has 0 amide bonds. The molecule has 0 radical (unpaired) electrons. The first kappa shape index (κ1) is 13.5. The van der Waals surface area contributed by atoms with E-state index in [9.17, 15) is 10.1 Å². The normalized spacial score (nSPS) is 16.1. The third-order valence-electron chi connectivity index (χ3n) is 3.09. The second-order valence-corrected chi connectivity index (χ2v) is 4.39. The van der Waals surface area contributed by atoms with Gasteiger partial charge in [-0.15, -0.1) is 0 Å². The second kappa shape index (κ2) is 6.33. The number of nitrogens with zero attached hydrogens (tertiary/aromatic N) is 2. The minimum Gasteiger partial charge on any atom is -0.472 e. The highest BCUT2D eigenvalue weighted by Gasteiger charge is 2.20. The zero-order chi connectivity index (χ0) is 13.7. The van der Waals surface area contributed by atoms with Gasteiger partial charge >= 0.3 is 5.69 Å². The highest BCUT2D eigenvalue weighted by Crippen LogP contribution is 2.27. The molecule has 0 bridgehead atoms. The van der Waals surface area contributed by atoms with Crippen LogP contribution in [0.25, 0.3) is 0 Å². The molecule has 2 heterocycles. The lowest BCUT2D eigenvalue weighted by Crippen LogP contribution is -2.22. The molecule has 1 saturated heterocycles. The van der Waals surface area contributed by atoms with Crippen molar-refractivity contribution in [1.82, 2.24) is 4.98 Å². The van der Waals surface area contributed by atoms with Crippen molar-refractivity contribution >= 4 is 11.5 Å². The topological polar surface area (TPSA) is 86.5 Å². The first-order valence-electron chi connectivity index (χ1n) is 6.24. The molecule has 2 rings (SSSR count). The van der Waals surface area contributed by atoms with Gasteiger partial charge in [-0.05, 0) is 24.8 Å². The molecule has 0 saturated carbocycles. The number of rotatable bonds is 5. The fraction of sp³-hybridized carbons (Fsp3) is 0.583. The third-order valence-corrected chi connectivity index (χ3v) is 3.09. The van der Waals surface area contributed by atoms with Crippen LogP contribution in [-0.2, 0) is 4.74 Å². The minimum atomic E-state index is -0.480. The maximum absolute atomic E-state index is 10.9. The largest absolute Gasteiger partial charge is 0.472 e. The molecular formula is C12H17N3O4. The van der Waals surface area contributed by atoms with Crippen LogP contribution in [0.4, 0.5) is 11.5 Å². The van der Waals surface area contributed by atoms with E-state index in [1.807, 2.05) is 0 Å². The van der Waals surface area contributed by atoms with Crippen LogP contribution in [0.2, 0.25) is 0 Å². The Kier molecular flexibility index (Phi) is 4.51. The molecule has 1 aliphatic heterocycles. The summed E-state index contributed by atoms with van der Waals surface area (Å²) in [6.07, 6.45) is 1.83. The number of nitro groups is 1.